The highest BCUT2D eigenvalue weighted by molar-refractivity contribution is 8.13. The summed E-state index contributed by atoms with van der Waals surface area (Å²) in [6, 6.07) is 12.4. The molecule has 23 heavy (non-hydrogen) atoms. The van der Waals surface area contributed by atoms with E-state index in [4.69, 9.17) is 16.6 Å². The van der Waals surface area contributed by atoms with E-state index < -0.39 is 0 Å². The molecule has 1 aliphatic rings. The summed E-state index contributed by atoms with van der Waals surface area (Å²) in [4.78, 5) is 9.15. The monoisotopic (exact) mass is 345 g/mol. The van der Waals surface area contributed by atoms with Crippen LogP contribution >= 0.6 is 23.4 Å². The van der Waals surface area contributed by atoms with E-state index in [0.29, 0.717) is 5.02 Å². The zero-order chi connectivity index (χ0) is 16.3. The minimum Gasteiger partial charge on any atom is -0.366 e. The second-order valence-electron chi connectivity index (χ2n) is 5.92. The number of rotatable bonds is 4. The number of hydrogen-bond donors (Lipinski definition) is 1. The Balaban J connectivity index is 1.75. The smallest absolute Gasteiger partial charge is 0.126 e. The number of aromatic nitrogens is 1. The second-order valence-corrected chi connectivity index (χ2v) is 7.64. The summed E-state index contributed by atoms with van der Waals surface area (Å²) in [5, 5.41) is 5.15. The van der Waals surface area contributed by atoms with Gasteiger partial charge in [0.15, 0.2) is 0 Å². The van der Waals surface area contributed by atoms with Crippen molar-refractivity contribution in [2.24, 2.45) is 4.99 Å². The van der Waals surface area contributed by atoms with Gasteiger partial charge in [0, 0.05) is 18.5 Å². The highest BCUT2D eigenvalue weighted by Gasteiger charge is 2.28. The van der Waals surface area contributed by atoms with E-state index in [1.807, 2.05) is 23.9 Å². The summed E-state index contributed by atoms with van der Waals surface area (Å²) in [6.07, 6.45) is 2.73. The molecule has 1 unspecified atom stereocenters. The molecule has 0 fully saturated rings. The Kier molecular flexibility index (Phi) is 4.93. The third-order valence-corrected chi connectivity index (χ3v) is 5.19. The Labute approximate surface area is 146 Å². The average Bonchev–Trinajstić information content (AvgIpc) is 2.54. The molecule has 1 aliphatic heterocycles. The maximum atomic E-state index is 5.86. The van der Waals surface area contributed by atoms with Gasteiger partial charge in [-0.15, -0.1) is 11.8 Å². The van der Waals surface area contributed by atoms with Gasteiger partial charge in [-0.25, -0.2) is 4.98 Å². The van der Waals surface area contributed by atoms with E-state index >= 15 is 0 Å². The van der Waals surface area contributed by atoms with Crippen molar-refractivity contribution in [3.63, 3.8) is 0 Å². The first-order valence-corrected chi connectivity index (χ1v) is 9.06. The molecule has 120 valence electrons. The molecule has 0 amide bonds. The SMILES string of the molecule is CC1=NC(C)(c2cccc(CNc3ccc(Cl)cn3)c2)CCS1. The van der Waals surface area contributed by atoms with Crippen LogP contribution in [0.2, 0.25) is 5.02 Å². The van der Waals surface area contributed by atoms with Gasteiger partial charge in [-0.2, -0.15) is 0 Å². The number of benzene rings is 1. The van der Waals surface area contributed by atoms with Crippen LogP contribution in [-0.2, 0) is 12.1 Å². The van der Waals surface area contributed by atoms with Crippen molar-refractivity contribution in [1.29, 1.82) is 0 Å². The molecule has 3 rings (SSSR count). The lowest BCUT2D eigenvalue weighted by Crippen LogP contribution is -2.25. The number of anilines is 1. The van der Waals surface area contributed by atoms with Crippen molar-refractivity contribution >= 4 is 34.2 Å². The van der Waals surface area contributed by atoms with E-state index in [-0.39, 0.29) is 5.54 Å². The van der Waals surface area contributed by atoms with Crippen LogP contribution in [0.1, 0.15) is 31.4 Å². The van der Waals surface area contributed by atoms with Crippen molar-refractivity contribution in [3.05, 3.63) is 58.7 Å². The van der Waals surface area contributed by atoms with Gasteiger partial charge in [0.05, 0.1) is 15.6 Å². The summed E-state index contributed by atoms with van der Waals surface area (Å²) >= 11 is 7.70. The fraction of sp³-hybridized carbons (Fsp3) is 0.333. The largest absolute Gasteiger partial charge is 0.366 e. The average molecular weight is 346 g/mol. The second kappa shape index (κ2) is 6.93. The molecule has 0 bridgehead atoms. The third-order valence-electron chi connectivity index (χ3n) is 4.05. The Morgan fingerprint density at radius 3 is 2.91 bits per heavy atom. The normalized spacial score (nSPS) is 20.9. The highest BCUT2D eigenvalue weighted by Crippen LogP contribution is 2.36. The van der Waals surface area contributed by atoms with Crippen LogP contribution < -0.4 is 5.32 Å². The third kappa shape index (κ3) is 4.06. The molecule has 1 aromatic carbocycles. The summed E-state index contributed by atoms with van der Waals surface area (Å²) in [6.45, 7) is 5.05. The molecule has 3 nitrogen and oxygen atoms in total. The van der Waals surface area contributed by atoms with Crippen LogP contribution in [-0.4, -0.2) is 15.8 Å². The quantitative estimate of drug-likeness (QED) is 0.835. The van der Waals surface area contributed by atoms with E-state index in [1.165, 1.54) is 16.2 Å². The lowest BCUT2D eigenvalue weighted by molar-refractivity contribution is 0.482. The number of hydrogen-bond acceptors (Lipinski definition) is 4. The first-order chi connectivity index (χ1) is 11.0. The van der Waals surface area contributed by atoms with Crippen LogP contribution in [0.5, 0.6) is 0 Å². The van der Waals surface area contributed by atoms with Crippen LogP contribution in [0.4, 0.5) is 5.82 Å². The molecular formula is C18H20ClN3S. The molecule has 2 heterocycles. The minimum atomic E-state index is -0.107. The first-order valence-electron chi connectivity index (χ1n) is 7.69. The maximum absolute atomic E-state index is 5.86. The van der Waals surface area contributed by atoms with Crippen molar-refractivity contribution in [2.45, 2.75) is 32.4 Å². The van der Waals surface area contributed by atoms with Crippen molar-refractivity contribution in [3.8, 4) is 0 Å². The number of thioether (sulfide) groups is 1. The predicted octanol–water partition coefficient (Wildman–Crippen LogP) is 5.12. The molecule has 1 atom stereocenters. The van der Waals surface area contributed by atoms with Gasteiger partial charge in [0.1, 0.15) is 5.82 Å². The Bertz CT molecular complexity index is 714. The lowest BCUT2D eigenvalue weighted by atomic mass is 9.88. The van der Waals surface area contributed by atoms with Crippen molar-refractivity contribution in [2.75, 3.05) is 11.1 Å². The molecule has 5 heteroatoms. The zero-order valence-electron chi connectivity index (χ0n) is 13.3. The Morgan fingerprint density at radius 1 is 1.30 bits per heavy atom. The highest BCUT2D eigenvalue weighted by atomic mass is 35.5. The van der Waals surface area contributed by atoms with E-state index in [1.54, 1.807) is 6.20 Å². The van der Waals surface area contributed by atoms with Crippen LogP contribution in [0.3, 0.4) is 0 Å². The fourth-order valence-electron chi connectivity index (χ4n) is 2.73. The van der Waals surface area contributed by atoms with Crippen LogP contribution in [0, 0.1) is 0 Å². The lowest BCUT2D eigenvalue weighted by Gasteiger charge is -2.30. The number of pyridine rings is 1. The van der Waals surface area contributed by atoms with Gasteiger partial charge in [0.25, 0.3) is 0 Å². The van der Waals surface area contributed by atoms with Crippen LogP contribution in [0.15, 0.2) is 47.6 Å². The summed E-state index contributed by atoms with van der Waals surface area (Å²) in [7, 11) is 0. The number of aliphatic imine (C=N–C) groups is 1. The fourth-order valence-corrected chi connectivity index (χ4v) is 3.90. The van der Waals surface area contributed by atoms with E-state index in [2.05, 4.69) is 48.4 Å². The van der Waals surface area contributed by atoms with Gasteiger partial charge in [-0.05, 0) is 43.5 Å². The van der Waals surface area contributed by atoms with Gasteiger partial charge >= 0.3 is 0 Å². The van der Waals surface area contributed by atoms with Gasteiger partial charge in [0.2, 0.25) is 0 Å². The molecule has 0 saturated heterocycles. The van der Waals surface area contributed by atoms with Gasteiger partial charge in [-0.3, -0.25) is 4.99 Å². The van der Waals surface area contributed by atoms with E-state index in [9.17, 15) is 0 Å². The summed E-state index contributed by atoms with van der Waals surface area (Å²) in [5.41, 5.74) is 2.40. The predicted molar refractivity (Wildman–Crippen MR) is 101 cm³/mol. The topological polar surface area (TPSA) is 37.3 Å². The number of halogens is 1. The van der Waals surface area contributed by atoms with Gasteiger partial charge < -0.3 is 5.32 Å². The van der Waals surface area contributed by atoms with Crippen LogP contribution in [0.25, 0.3) is 0 Å². The summed E-state index contributed by atoms with van der Waals surface area (Å²) in [5.74, 6) is 1.96. The molecular weight excluding hydrogens is 326 g/mol. The van der Waals surface area contributed by atoms with Crippen molar-refractivity contribution < 1.29 is 0 Å². The molecule has 1 aromatic heterocycles. The maximum Gasteiger partial charge on any atom is 0.126 e. The van der Waals surface area contributed by atoms with E-state index in [0.717, 1.165) is 24.5 Å². The standard InChI is InChI=1S/C18H20ClN3S/c1-13-22-18(2,8-9-23-13)15-5-3-4-14(10-15)11-20-17-7-6-16(19)12-21-17/h3-7,10,12H,8-9,11H2,1-2H3,(H,20,21). The minimum absolute atomic E-state index is 0.107. The molecule has 2 aromatic rings. The van der Waals surface area contributed by atoms with Gasteiger partial charge in [-0.1, -0.05) is 35.9 Å². The molecule has 0 spiro atoms. The molecule has 0 radical (unpaired) electrons. The number of nitrogens with one attached hydrogen (secondary N) is 1. The molecule has 0 aliphatic carbocycles. The van der Waals surface area contributed by atoms with Crippen molar-refractivity contribution in [1.82, 2.24) is 4.98 Å². The Morgan fingerprint density at radius 2 is 2.17 bits per heavy atom. The Hall–Kier alpha value is -1.52. The molecule has 0 saturated carbocycles. The number of nitrogens with zero attached hydrogens (tertiary/aromatic N) is 2. The zero-order valence-corrected chi connectivity index (χ0v) is 14.9. The summed E-state index contributed by atoms with van der Waals surface area (Å²) < 4.78 is 0. The first kappa shape index (κ1) is 16.3. The molecule has 1 N–H and O–H groups in total.